The van der Waals surface area contributed by atoms with E-state index in [0.717, 1.165) is 20.3 Å². The number of para-hydroxylation sites is 2. The monoisotopic (exact) mass is 645 g/mol. The van der Waals surface area contributed by atoms with Gasteiger partial charge in [-0.25, -0.2) is 8.42 Å². The van der Waals surface area contributed by atoms with Crippen LogP contribution in [-0.2, 0) is 32.6 Å². The molecule has 2 amide bonds. The molecule has 1 atom stereocenters. The quantitative estimate of drug-likeness (QED) is 0.165. The van der Waals surface area contributed by atoms with Crippen LogP contribution >= 0.6 is 11.8 Å². The van der Waals surface area contributed by atoms with Gasteiger partial charge in [0.15, 0.2) is 0 Å². The highest BCUT2D eigenvalue weighted by atomic mass is 32.2. The Labute approximate surface area is 270 Å². The lowest BCUT2D eigenvalue weighted by Gasteiger charge is -2.34. The van der Waals surface area contributed by atoms with Crippen molar-refractivity contribution in [1.29, 1.82) is 0 Å². The van der Waals surface area contributed by atoms with Crippen molar-refractivity contribution in [3.05, 3.63) is 120 Å². The SMILES string of the molecule is CCNC(=O)C(Cc1ccccc1)N(Cc1ccccc1)C(=O)CN(c1ccccc1OCC)S(=O)(=O)c1ccc(SC)cc1. The van der Waals surface area contributed by atoms with Gasteiger partial charge in [-0.2, -0.15) is 0 Å². The largest absolute Gasteiger partial charge is 0.492 e. The van der Waals surface area contributed by atoms with E-state index in [-0.39, 0.29) is 29.5 Å². The second-order valence-electron chi connectivity index (χ2n) is 10.2. The predicted octanol–water partition coefficient (Wildman–Crippen LogP) is 5.78. The Morgan fingerprint density at radius 3 is 2.02 bits per heavy atom. The molecule has 0 fully saturated rings. The summed E-state index contributed by atoms with van der Waals surface area (Å²) in [6.07, 6.45) is 2.17. The molecule has 4 aromatic carbocycles. The minimum absolute atomic E-state index is 0.0403. The van der Waals surface area contributed by atoms with Gasteiger partial charge in [-0.05, 0) is 67.6 Å². The molecule has 0 saturated heterocycles. The average molecular weight is 646 g/mol. The first-order valence-corrected chi connectivity index (χ1v) is 17.5. The van der Waals surface area contributed by atoms with E-state index in [1.165, 1.54) is 28.8 Å². The molecule has 4 aromatic rings. The van der Waals surface area contributed by atoms with Gasteiger partial charge in [-0.1, -0.05) is 72.8 Å². The number of likely N-dealkylation sites (N-methyl/N-ethyl adjacent to an activating group) is 1. The Kier molecular flexibility index (Phi) is 12.1. The van der Waals surface area contributed by atoms with Crippen molar-refractivity contribution in [2.75, 3.05) is 30.3 Å². The Balaban J connectivity index is 1.82. The smallest absolute Gasteiger partial charge is 0.264 e. The lowest BCUT2D eigenvalue weighted by atomic mass is 10.0. The summed E-state index contributed by atoms with van der Waals surface area (Å²) in [6, 6.07) is 31.2. The molecular formula is C35H39N3O5S2. The molecule has 8 nitrogen and oxygen atoms in total. The van der Waals surface area contributed by atoms with E-state index in [9.17, 15) is 18.0 Å². The summed E-state index contributed by atoms with van der Waals surface area (Å²) in [7, 11) is -4.24. The van der Waals surface area contributed by atoms with Crippen LogP contribution in [0.1, 0.15) is 25.0 Å². The van der Waals surface area contributed by atoms with E-state index in [2.05, 4.69) is 5.32 Å². The van der Waals surface area contributed by atoms with Crippen LogP contribution in [0.25, 0.3) is 0 Å². The number of nitrogens with zero attached hydrogens (tertiary/aromatic N) is 2. The fraction of sp³-hybridized carbons (Fsp3) is 0.257. The summed E-state index contributed by atoms with van der Waals surface area (Å²) >= 11 is 1.50. The second-order valence-corrected chi connectivity index (χ2v) is 12.9. The summed E-state index contributed by atoms with van der Waals surface area (Å²) in [4.78, 5) is 30.5. The van der Waals surface area contributed by atoms with Gasteiger partial charge < -0.3 is 15.0 Å². The van der Waals surface area contributed by atoms with E-state index in [4.69, 9.17) is 4.74 Å². The third-order valence-electron chi connectivity index (χ3n) is 7.18. The highest BCUT2D eigenvalue weighted by molar-refractivity contribution is 7.98. The second kappa shape index (κ2) is 16.2. The van der Waals surface area contributed by atoms with Crippen molar-refractivity contribution in [1.82, 2.24) is 10.2 Å². The number of carbonyl (C=O) groups is 2. The number of rotatable bonds is 15. The molecule has 0 aliphatic carbocycles. The van der Waals surface area contributed by atoms with E-state index >= 15 is 0 Å². The third kappa shape index (κ3) is 8.67. The highest BCUT2D eigenvalue weighted by Crippen LogP contribution is 2.33. The maximum Gasteiger partial charge on any atom is 0.264 e. The molecule has 4 rings (SSSR count). The molecular weight excluding hydrogens is 607 g/mol. The molecule has 0 aliphatic heterocycles. The van der Waals surface area contributed by atoms with Crippen molar-refractivity contribution in [3.8, 4) is 5.75 Å². The first-order valence-electron chi connectivity index (χ1n) is 14.8. The number of thioether (sulfide) groups is 1. The van der Waals surface area contributed by atoms with Crippen LogP contribution in [0.4, 0.5) is 5.69 Å². The van der Waals surface area contributed by atoms with E-state index < -0.39 is 28.5 Å². The molecule has 45 heavy (non-hydrogen) atoms. The zero-order valence-corrected chi connectivity index (χ0v) is 27.4. The fourth-order valence-corrected chi connectivity index (χ4v) is 6.79. The van der Waals surface area contributed by atoms with Crippen LogP contribution in [0.5, 0.6) is 5.75 Å². The number of benzene rings is 4. The van der Waals surface area contributed by atoms with Gasteiger partial charge in [0.25, 0.3) is 10.0 Å². The van der Waals surface area contributed by atoms with Crippen LogP contribution in [0.2, 0.25) is 0 Å². The lowest BCUT2D eigenvalue weighted by molar-refractivity contribution is -0.140. The molecule has 0 saturated carbocycles. The van der Waals surface area contributed by atoms with Gasteiger partial charge in [0.1, 0.15) is 18.3 Å². The van der Waals surface area contributed by atoms with Crippen molar-refractivity contribution >= 4 is 39.3 Å². The Morgan fingerprint density at radius 1 is 0.822 bits per heavy atom. The summed E-state index contributed by atoms with van der Waals surface area (Å²) in [5.41, 5.74) is 1.92. The first-order chi connectivity index (χ1) is 21.8. The Morgan fingerprint density at radius 2 is 1.42 bits per heavy atom. The van der Waals surface area contributed by atoms with Gasteiger partial charge in [-0.3, -0.25) is 13.9 Å². The molecule has 0 radical (unpaired) electrons. The number of amides is 2. The van der Waals surface area contributed by atoms with Gasteiger partial charge in [0.05, 0.1) is 17.2 Å². The average Bonchev–Trinajstić information content (AvgIpc) is 3.06. The summed E-state index contributed by atoms with van der Waals surface area (Å²) < 4.78 is 35.5. The molecule has 236 valence electrons. The van der Waals surface area contributed by atoms with Gasteiger partial charge >= 0.3 is 0 Å². The molecule has 0 bridgehead atoms. The molecule has 0 aliphatic rings. The Bertz CT molecular complexity index is 1650. The standard InChI is InChI=1S/C35H39N3O5S2/c1-4-36-35(40)32(24-27-14-8-6-9-15-27)37(25-28-16-10-7-11-17-28)34(39)26-38(31-18-12-13-19-33(31)43-5-2)45(41,42)30-22-20-29(44-3)21-23-30/h6-23,32H,4-5,24-26H2,1-3H3,(H,36,40). The zero-order valence-electron chi connectivity index (χ0n) is 25.8. The highest BCUT2D eigenvalue weighted by Gasteiger charge is 2.35. The van der Waals surface area contributed by atoms with Gasteiger partial charge in [0, 0.05) is 24.4 Å². The van der Waals surface area contributed by atoms with Gasteiger partial charge in [-0.15, -0.1) is 11.8 Å². The minimum atomic E-state index is -4.24. The van der Waals surface area contributed by atoms with Crippen LogP contribution in [-0.4, -0.2) is 57.1 Å². The maximum atomic E-state index is 14.5. The number of hydrogen-bond acceptors (Lipinski definition) is 6. The minimum Gasteiger partial charge on any atom is -0.492 e. The molecule has 0 heterocycles. The number of hydrogen-bond donors (Lipinski definition) is 1. The number of carbonyl (C=O) groups excluding carboxylic acids is 2. The summed E-state index contributed by atoms with van der Waals surface area (Å²) in [5, 5.41) is 2.88. The number of anilines is 1. The fourth-order valence-electron chi connectivity index (χ4n) is 4.96. The van der Waals surface area contributed by atoms with Gasteiger partial charge in [0.2, 0.25) is 11.8 Å². The molecule has 1 unspecified atom stereocenters. The molecule has 0 spiro atoms. The van der Waals surface area contributed by atoms with Crippen molar-refractivity contribution < 1.29 is 22.7 Å². The molecule has 0 aromatic heterocycles. The topological polar surface area (TPSA) is 96.0 Å². The van der Waals surface area contributed by atoms with E-state index in [0.29, 0.717) is 18.9 Å². The van der Waals surface area contributed by atoms with E-state index in [1.54, 1.807) is 36.4 Å². The third-order valence-corrected chi connectivity index (χ3v) is 9.70. The van der Waals surface area contributed by atoms with Crippen molar-refractivity contribution in [2.24, 2.45) is 0 Å². The predicted molar refractivity (Wildman–Crippen MR) is 180 cm³/mol. The number of sulfonamides is 1. The maximum absolute atomic E-state index is 14.5. The van der Waals surface area contributed by atoms with Crippen LogP contribution in [0, 0.1) is 0 Å². The normalized spacial score (nSPS) is 11.8. The first kappa shape index (κ1) is 33.6. The number of ether oxygens (including phenoxy) is 1. The van der Waals surface area contributed by atoms with Crippen molar-refractivity contribution in [2.45, 2.75) is 42.6 Å². The summed E-state index contributed by atoms with van der Waals surface area (Å²) in [6.45, 7) is 3.88. The lowest BCUT2D eigenvalue weighted by Crippen LogP contribution is -2.53. The van der Waals surface area contributed by atoms with Crippen LogP contribution < -0.4 is 14.4 Å². The van der Waals surface area contributed by atoms with Crippen LogP contribution in [0.15, 0.2) is 119 Å². The summed E-state index contributed by atoms with van der Waals surface area (Å²) in [5.74, 6) is -0.514. The number of nitrogens with one attached hydrogen (secondary N) is 1. The van der Waals surface area contributed by atoms with Crippen LogP contribution in [0.3, 0.4) is 0 Å². The molecule has 10 heteroatoms. The van der Waals surface area contributed by atoms with Crippen molar-refractivity contribution in [3.63, 3.8) is 0 Å². The Hall–Kier alpha value is -4.28. The van der Waals surface area contributed by atoms with E-state index in [1.807, 2.05) is 80.8 Å². The zero-order chi connectivity index (χ0) is 32.2. The molecule has 1 N–H and O–H groups in total.